The fourth-order valence-electron chi connectivity index (χ4n) is 6.22. The molecule has 3 aliphatic heterocycles. The van der Waals surface area contributed by atoms with E-state index in [1.54, 1.807) is 0 Å². The summed E-state index contributed by atoms with van der Waals surface area (Å²) >= 11 is 0. The molecule has 1 atom stereocenters. The van der Waals surface area contributed by atoms with E-state index in [1.807, 2.05) is 4.90 Å². The maximum atomic E-state index is 13.5. The van der Waals surface area contributed by atoms with Gasteiger partial charge in [-0.05, 0) is 82.1 Å². The average Bonchev–Trinajstić information content (AvgIpc) is 3.10. The molecule has 0 aromatic heterocycles. The number of anilines is 2. The SMILES string of the molecule is O=C1CCCCN1c1ccc(N2CCC[C@]3(CCN([C@H]4CC[C@H](O)CC4)C3=O)C2)cc1. The van der Waals surface area contributed by atoms with Gasteiger partial charge in [0.2, 0.25) is 11.8 Å². The molecule has 0 radical (unpaired) electrons. The van der Waals surface area contributed by atoms with E-state index in [0.717, 1.165) is 95.3 Å². The lowest BCUT2D eigenvalue weighted by molar-refractivity contribution is -0.139. The molecule has 31 heavy (non-hydrogen) atoms. The number of aliphatic hydroxyl groups excluding tert-OH is 1. The van der Waals surface area contributed by atoms with Gasteiger partial charge in [0, 0.05) is 50.0 Å². The van der Waals surface area contributed by atoms with Gasteiger partial charge in [-0.1, -0.05) is 0 Å². The van der Waals surface area contributed by atoms with Crippen molar-refractivity contribution in [2.75, 3.05) is 36.0 Å². The third kappa shape index (κ3) is 3.95. The van der Waals surface area contributed by atoms with Crippen LogP contribution in [0.5, 0.6) is 0 Å². The molecule has 6 nitrogen and oxygen atoms in total. The molecule has 1 aromatic rings. The number of nitrogens with zero attached hydrogens (tertiary/aromatic N) is 3. The Morgan fingerprint density at radius 2 is 1.58 bits per heavy atom. The minimum Gasteiger partial charge on any atom is -0.393 e. The van der Waals surface area contributed by atoms with Gasteiger partial charge in [0.15, 0.2) is 0 Å². The maximum Gasteiger partial charge on any atom is 0.230 e. The molecule has 3 heterocycles. The van der Waals surface area contributed by atoms with Crippen molar-refractivity contribution in [2.45, 2.75) is 76.4 Å². The van der Waals surface area contributed by atoms with Crippen molar-refractivity contribution in [1.82, 2.24) is 4.90 Å². The number of likely N-dealkylation sites (tertiary alicyclic amines) is 1. The second-order valence-corrected chi connectivity index (χ2v) is 10.0. The minimum absolute atomic E-state index is 0.184. The molecule has 1 spiro atoms. The van der Waals surface area contributed by atoms with Gasteiger partial charge in [0.1, 0.15) is 0 Å². The number of piperidine rings is 2. The number of amides is 2. The Labute approximate surface area is 185 Å². The summed E-state index contributed by atoms with van der Waals surface area (Å²) < 4.78 is 0. The monoisotopic (exact) mass is 425 g/mol. The summed E-state index contributed by atoms with van der Waals surface area (Å²) in [5.74, 6) is 0.567. The molecule has 0 unspecified atom stereocenters. The number of aliphatic hydroxyl groups is 1. The van der Waals surface area contributed by atoms with E-state index >= 15 is 0 Å². The van der Waals surface area contributed by atoms with Crippen LogP contribution in [0.2, 0.25) is 0 Å². The van der Waals surface area contributed by atoms with Crippen LogP contribution in [0.25, 0.3) is 0 Å². The molecule has 6 heteroatoms. The predicted molar refractivity (Wildman–Crippen MR) is 121 cm³/mol. The smallest absolute Gasteiger partial charge is 0.230 e. The first-order valence-electron chi connectivity index (χ1n) is 12.2. The number of hydrogen-bond acceptors (Lipinski definition) is 4. The molecular formula is C25H35N3O3. The summed E-state index contributed by atoms with van der Waals surface area (Å²) in [6, 6.07) is 8.68. The van der Waals surface area contributed by atoms with Crippen molar-refractivity contribution in [1.29, 1.82) is 0 Å². The minimum atomic E-state index is -0.254. The summed E-state index contributed by atoms with van der Waals surface area (Å²) in [6.45, 7) is 3.45. The largest absolute Gasteiger partial charge is 0.393 e. The highest BCUT2D eigenvalue weighted by Gasteiger charge is 2.50. The Morgan fingerprint density at radius 3 is 2.32 bits per heavy atom. The lowest BCUT2D eigenvalue weighted by Gasteiger charge is -2.41. The molecule has 4 fully saturated rings. The normalized spacial score (nSPS) is 32.2. The van der Waals surface area contributed by atoms with Gasteiger partial charge in [0.25, 0.3) is 0 Å². The lowest BCUT2D eigenvalue weighted by atomic mass is 9.78. The molecule has 0 bridgehead atoms. The van der Waals surface area contributed by atoms with Crippen LogP contribution in [-0.4, -0.2) is 60.1 Å². The number of hydrogen-bond donors (Lipinski definition) is 1. The van der Waals surface area contributed by atoms with Crippen molar-refractivity contribution in [3.63, 3.8) is 0 Å². The second kappa shape index (κ2) is 8.45. The fraction of sp³-hybridized carbons (Fsp3) is 0.680. The first-order chi connectivity index (χ1) is 15.1. The Hall–Kier alpha value is -2.08. The zero-order chi connectivity index (χ0) is 21.4. The van der Waals surface area contributed by atoms with Gasteiger partial charge >= 0.3 is 0 Å². The number of benzene rings is 1. The lowest BCUT2D eigenvalue weighted by Crippen LogP contribution is -2.50. The summed E-state index contributed by atoms with van der Waals surface area (Å²) in [5.41, 5.74) is 1.89. The fourth-order valence-corrected chi connectivity index (χ4v) is 6.22. The highest BCUT2D eigenvalue weighted by atomic mass is 16.3. The van der Waals surface area contributed by atoms with E-state index in [2.05, 4.69) is 34.1 Å². The van der Waals surface area contributed by atoms with Gasteiger partial charge in [-0.15, -0.1) is 0 Å². The number of carbonyl (C=O) groups excluding carboxylic acids is 2. The van der Waals surface area contributed by atoms with Crippen LogP contribution in [-0.2, 0) is 9.59 Å². The van der Waals surface area contributed by atoms with Crippen molar-refractivity contribution >= 4 is 23.2 Å². The van der Waals surface area contributed by atoms with E-state index < -0.39 is 0 Å². The van der Waals surface area contributed by atoms with E-state index in [-0.39, 0.29) is 17.4 Å². The van der Waals surface area contributed by atoms with E-state index in [9.17, 15) is 14.7 Å². The molecule has 168 valence electrons. The van der Waals surface area contributed by atoms with Crippen LogP contribution in [0.1, 0.15) is 64.2 Å². The zero-order valence-electron chi connectivity index (χ0n) is 18.5. The Morgan fingerprint density at radius 1 is 0.839 bits per heavy atom. The zero-order valence-corrected chi connectivity index (χ0v) is 18.5. The predicted octanol–water partition coefficient (Wildman–Crippen LogP) is 3.33. The van der Waals surface area contributed by atoms with Gasteiger partial charge in [-0.25, -0.2) is 0 Å². The van der Waals surface area contributed by atoms with E-state index in [0.29, 0.717) is 18.4 Å². The summed E-state index contributed by atoms with van der Waals surface area (Å²) in [4.78, 5) is 32.2. The summed E-state index contributed by atoms with van der Waals surface area (Å²) in [5, 5.41) is 9.82. The molecule has 1 aromatic carbocycles. The van der Waals surface area contributed by atoms with Crippen molar-refractivity contribution < 1.29 is 14.7 Å². The van der Waals surface area contributed by atoms with Crippen LogP contribution in [0.4, 0.5) is 11.4 Å². The molecule has 1 aliphatic carbocycles. The number of carbonyl (C=O) groups is 2. The standard InChI is InChI=1S/C25H35N3O3/c29-22-11-9-21(10-12-22)28-17-14-25(24(28)31)13-3-15-26(18-25)19-5-7-20(8-6-19)27-16-2-1-4-23(27)30/h5-8,21-22,29H,1-4,9-18H2/t21-,22-,25-/m0/s1. The van der Waals surface area contributed by atoms with Crippen LogP contribution in [0, 0.1) is 5.41 Å². The van der Waals surface area contributed by atoms with Crippen LogP contribution < -0.4 is 9.80 Å². The molecule has 2 amide bonds. The third-order valence-electron chi connectivity index (χ3n) is 8.08. The second-order valence-electron chi connectivity index (χ2n) is 10.0. The molecule has 1 saturated carbocycles. The highest BCUT2D eigenvalue weighted by molar-refractivity contribution is 5.94. The molecular weight excluding hydrogens is 390 g/mol. The molecule has 1 N–H and O–H groups in total. The first kappa shape index (κ1) is 20.8. The first-order valence-corrected chi connectivity index (χ1v) is 12.2. The van der Waals surface area contributed by atoms with Crippen LogP contribution >= 0.6 is 0 Å². The topological polar surface area (TPSA) is 64.1 Å². The van der Waals surface area contributed by atoms with Gasteiger partial charge in [-0.2, -0.15) is 0 Å². The third-order valence-corrected chi connectivity index (χ3v) is 8.08. The summed E-state index contributed by atoms with van der Waals surface area (Å²) in [6.07, 6.45) is 9.00. The highest BCUT2D eigenvalue weighted by Crippen LogP contribution is 2.43. The Kier molecular flexibility index (Phi) is 5.67. The number of rotatable bonds is 3. The van der Waals surface area contributed by atoms with Crippen LogP contribution in [0.3, 0.4) is 0 Å². The van der Waals surface area contributed by atoms with Crippen molar-refractivity contribution in [3.05, 3.63) is 24.3 Å². The van der Waals surface area contributed by atoms with Crippen molar-refractivity contribution in [2.24, 2.45) is 5.41 Å². The molecule has 4 aliphatic rings. The van der Waals surface area contributed by atoms with Gasteiger partial charge in [0.05, 0.1) is 11.5 Å². The van der Waals surface area contributed by atoms with Gasteiger partial charge in [-0.3, -0.25) is 9.59 Å². The van der Waals surface area contributed by atoms with E-state index in [1.165, 1.54) is 0 Å². The quantitative estimate of drug-likeness (QED) is 0.807. The molecule has 5 rings (SSSR count). The molecule has 3 saturated heterocycles. The van der Waals surface area contributed by atoms with Gasteiger partial charge < -0.3 is 19.8 Å². The van der Waals surface area contributed by atoms with Crippen LogP contribution in [0.15, 0.2) is 24.3 Å². The average molecular weight is 426 g/mol. The maximum absolute atomic E-state index is 13.5. The Balaban J connectivity index is 1.27. The van der Waals surface area contributed by atoms with E-state index in [4.69, 9.17) is 0 Å². The Bertz CT molecular complexity index is 818. The summed E-state index contributed by atoms with van der Waals surface area (Å²) in [7, 11) is 0. The van der Waals surface area contributed by atoms with Crippen molar-refractivity contribution in [3.8, 4) is 0 Å².